The van der Waals surface area contributed by atoms with E-state index < -0.39 is 0 Å². The van der Waals surface area contributed by atoms with Crippen LogP contribution in [0.2, 0.25) is 0 Å². The number of nitrogens with zero attached hydrogens (tertiary/aromatic N) is 1. The van der Waals surface area contributed by atoms with Crippen LogP contribution in [0, 0.1) is 4.91 Å². The van der Waals surface area contributed by atoms with Gasteiger partial charge in [0.25, 0.3) is 0 Å². The predicted molar refractivity (Wildman–Crippen MR) is 56.5 cm³/mol. The zero-order valence-electron chi connectivity index (χ0n) is 8.92. The van der Waals surface area contributed by atoms with Gasteiger partial charge in [0, 0.05) is 6.42 Å². The number of amides is 1. The first kappa shape index (κ1) is 13.1. The van der Waals surface area contributed by atoms with E-state index in [0.717, 1.165) is 12.8 Å². The smallest absolute Gasteiger partial charge is 0.242 e. The van der Waals surface area contributed by atoms with Gasteiger partial charge >= 0.3 is 0 Å². The first-order chi connectivity index (χ1) is 6.81. The van der Waals surface area contributed by atoms with E-state index >= 15 is 0 Å². The van der Waals surface area contributed by atoms with Gasteiger partial charge in [0.2, 0.25) is 5.91 Å². The lowest BCUT2D eigenvalue weighted by Crippen LogP contribution is -2.15. The van der Waals surface area contributed by atoms with Crippen LogP contribution in [0.1, 0.15) is 58.3 Å². The van der Waals surface area contributed by atoms with Gasteiger partial charge < -0.3 is 0 Å². The van der Waals surface area contributed by atoms with Gasteiger partial charge in [-0.05, 0) is 6.42 Å². The van der Waals surface area contributed by atoms with E-state index in [0.29, 0.717) is 6.42 Å². The molecule has 0 rings (SSSR count). The average Bonchev–Trinajstić information content (AvgIpc) is 2.17. The third kappa shape index (κ3) is 9.16. The maximum atomic E-state index is 10.8. The summed E-state index contributed by atoms with van der Waals surface area (Å²) in [5.41, 5.74) is 1.89. The molecule has 0 aromatic rings. The summed E-state index contributed by atoms with van der Waals surface area (Å²) in [5.74, 6) is -0.270. The molecule has 0 aromatic heterocycles. The minimum Gasteiger partial charge on any atom is -0.273 e. The first-order valence-electron chi connectivity index (χ1n) is 5.42. The van der Waals surface area contributed by atoms with Crippen molar-refractivity contribution < 1.29 is 4.79 Å². The Morgan fingerprint density at radius 1 is 1.07 bits per heavy atom. The zero-order valence-corrected chi connectivity index (χ0v) is 8.92. The molecular weight excluding hydrogens is 180 g/mol. The van der Waals surface area contributed by atoms with E-state index in [4.69, 9.17) is 0 Å². The molecule has 0 aliphatic heterocycles. The topological polar surface area (TPSA) is 58.5 Å². The molecule has 0 bridgehead atoms. The summed E-state index contributed by atoms with van der Waals surface area (Å²) in [6, 6.07) is 0. The van der Waals surface area contributed by atoms with Crippen LogP contribution in [0.3, 0.4) is 0 Å². The molecule has 0 radical (unpaired) electrons. The summed E-state index contributed by atoms with van der Waals surface area (Å²) in [5, 5.41) is 2.33. The van der Waals surface area contributed by atoms with Crippen LogP contribution in [0.25, 0.3) is 0 Å². The third-order valence-electron chi connectivity index (χ3n) is 2.18. The van der Waals surface area contributed by atoms with Crippen molar-refractivity contribution in [1.82, 2.24) is 5.43 Å². The predicted octanol–water partition coefficient (Wildman–Crippen LogP) is 2.92. The molecule has 0 unspecified atom stereocenters. The van der Waals surface area contributed by atoms with Gasteiger partial charge in [0.1, 0.15) is 0 Å². The fourth-order valence-corrected chi connectivity index (χ4v) is 1.35. The van der Waals surface area contributed by atoms with Crippen molar-refractivity contribution in [3.8, 4) is 0 Å². The number of unbranched alkanes of at least 4 members (excludes halogenated alkanes) is 6. The SMILES string of the molecule is CCCCCCCCCC(=O)NN=O. The molecule has 0 atom stereocenters. The monoisotopic (exact) mass is 200 g/mol. The average molecular weight is 200 g/mol. The minimum absolute atomic E-state index is 0.270. The molecule has 0 saturated heterocycles. The summed E-state index contributed by atoms with van der Waals surface area (Å²) >= 11 is 0. The van der Waals surface area contributed by atoms with Crippen LogP contribution in [0.5, 0.6) is 0 Å². The van der Waals surface area contributed by atoms with Crippen LogP contribution in [-0.4, -0.2) is 5.91 Å². The highest BCUT2D eigenvalue weighted by molar-refractivity contribution is 5.75. The summed E-state index contributed by atoms with van der Waals surface area (Å²) in [6.07, 6.45) is 8.62. The summed E-state index contributed by atoms with van der Waals surface area (Å²) in [6.45, 7) is 2.19. The van der Waals surface area contributed by atoms with Crippen molar-refractivity contribution in [3.05, 3.63) is 4.91 Å². The van der Waals surface area contributed by atoms with Crippen molar-refractivity contribution >= 4 is 5.91 Å². The highest BCUT2D eigenvalue weighted by Crippen LogP contribution is 2.08. The van der Waals surface area contributed by atoms with E-state index in [9.17, 15) is 9.70 Å². The fraction of sp³-hybridized carbons (Fsp3) is 0.900. The minimum atomic E-state index is -0.270. The highest BCUT2D eigenvalue weighted by atomic mass is 16.3. The van der Waals surface area contributed by atoms with Crippen molar-refractivity contribution in [2.75, 3.05) is 0 Å². The van der Waals surface area contributed by atoms with E-state index in [-0.39, 0.29) is 5.91 Å². The van der Waals surface area contributed by atoms with Gasteiger partial charge in [-0.3, -0.25) is 4.79 Å². The molecule has 1 N–H and O–H groups in total. The molecule has 14 heavy (non-hydrogen) atoms. The molecular formula is C10H20N2O2. The van der Waals surface area contributed by atoms with Gasteiger partial charge in [-0.25, -0.2) is 5.43 Å². The van der Waals surface area contributed by atoms with Gasteiger partial charge in [0.05, 0.1) is 5.29 Å². The number of nitrogens with one attached hydrogen (secondary N) is 1. The van der Waals surface area contributed by atoms with Crippen LogP contribution in [0.4, 0.5) is 0 Å². The quantitative estimate of drug-likeness (QED) is 0.353. The molecule has 0 aliphatic carbocycles. The number of carbonyl (C=O) groups excluding carboxylic acids is 1. The molecule has 0 fully saturated rings. The molecule has 0 heterocycles. The summed E-state index contributed by atoms with van der Waals surface area (Å²) < 4.78 is 0. The van der Waals surface area contributed by atoms with Crippen molar-refractivity contribution in [2.24, 2.45) is 5.29 Å². The van der Waals surface area contributed by atoms with E-state index in [2.05, 4.69) is 12.2 Å². The van der Waals surface area contributed by atoms with E-state index in [1.807, 2.05) is 5.43 Å². The van der Waals surface area contributed by atoms with Crippen LogP contribution >= 0.6 is 0 Å². The number of hydrogen-bond donors (Lipinski definition) is 1. The maximum absolute atomic E-state index is 10.8. The Morgan fingerprint density at radius 2 is 1.64 bits per heavy atom. The Balaban J connectivity index is 3.05. The van der Waals surface area contributed by atoms with Crippen LogP contribution < -0.4 is 5.43 Å². The molecule has 4 heteroatoms. The maximum Gasteiger partial charge on any atom is 0.242 e. The van der Waals surface area contributed by atoms with E-state index in [1.54, 1.807) is 0 Å². The van der Waals surface area contributed by atoms with Crippen LogP contribution in [0.15, 0.2) is 5.29 Å². The number of rotatable bonds is 9. The Labute approximate surface area is 85.4 Å². The molecule has 4 nitrogen and oxygen atoms in total. The van der Waals surface area contributed by atoms with E-state index in [1.165, 1.54) is 32.1 Å². The molecule has 0 saturated carbocycles. The second-order valence-electron chi connectivity index (χ2n) is 3.50. The largest absolute Gasteiger partial charge is 0.273 e. The Hall–Kier alpha value is -0.930. The second-order valence-corrected chi connectivity index (χ2v) is 3.50. The number of nitroso groups, excluding NO2 is 1. The first-order valence-corrected chi connectivity index (χ1v) is 5.42. The lowest BCUT2D eigenvalue weighted by Gasteiger charge is -1.99. The summed E-state index contributed by atoms with van der Waals surface area (Å²) in [4.78, 5) is 20.4. The Morgan fingerprint density at radius 3 is 2.21 bits per heavy atom. The number of carbonyl (C=O) groups is 1. The zero-order chi connectivity index (χ0) is 10.6. The molecule has 1 amide bonds. The van der Waals surface area contributed by atoms with Gasteiger partial charge in [-0.1, -0.05) is 45.4 Å². The molecule has 0 spiro atoms. The molecule has 82 valence electrons. The van der Waals surface area contributed by atoms with Crippen molar-refractivity contribution in [1.29, 1.82) is 0 Å². The van der Waals surface area contributed by atoms with Crippen molar-refractivity contribution in [2.45, 2.75) is 58.3 Å². The normalized spacial score (nSPS) is 9.79. The third-order valence-corrected chi connectivity index (χ3v) is 2.18. The lowest BCUT2D eigenvalue weighted by atomic mass is 10.1. The van der Waals surface area contributed by atoms with Gasteiger partial charge in [-0.2, -0.15) is 0 Å². The Kier molecular flexibility index (Phi) is 9.48. The second kappa shape index (κ2) is 10.2. The van der Waals surface area contributed by atoms with Crippen molar-refractivity contribution in [3.63, 3.8) is 0 Å². The number of hydrogen-bond acceptors (Lipinski definition) is 3. The highest BCUT2D eigenvalue weighted by Gasteiger charge is 1.99. The van der Waals surface area contributed by atoms with Gasteiger partial charge in [0.15, 0.2) is 0 Å². The standard InChI is InChI=1S/C10H20N2O2/c1-2-3-4-5-6-7-8-9-10(13)11-12-14/h2-9H2,1H3,(H,11,13,14). The summed E-state index contributed by atoms with van der Waals surface area (Å²) in [7, 11) is 0. The fourth-order valence-electron chi connectivity index (χ4n) is 1.35. The Bertz CT molecular complexity index is 160. The molecule has 0 aliphatic rings. The van der Waals surface area contributed by atoms with Crippen LogP contribution in [-0.2, 0) is 4.79 Å². The molecule has 0 aromatic carbocycles. The lowest BCUT2D eigenvalue weighted by molar-refractivity contribution is -0.121. The van der Waals surface area contributed by atoms with Gasteiger partial charge in [-0.15, -0.1) is 4.91 Å².